The number of allylic oxidation sites excluding steroid dienone is 1. The predicted molar refractivity (Wildman–Crippen MR) is 153 cm³/mol. The van der Waals surface area contributed by atoms with Gasteiger partial charge in [-0.25, -0.2) is 4.79 Å². The zero-order valence-corrected chi connectivity index (χ0v) is 24.5. The molecule has 1 aromatic rings. The number of rotatable bonds is 7. The van der Waals surface area contributed by atoms with Crippen molar-refractivity contribution in [3.63, 3.8) is 0 Å². The third kappa shape index (κ3) is 4.96. The Morgan fingerprint density at radius 3 is 2.46 bits per heavy atom. The van der Waals surface area contributed by atoms with E-state index in [-0.39, 0.29) is 17.5 Å². The Balaban J connectivity index is 1.29. The summed E-state index contributed by atoms with van der Waals surface area (Å²) in [6.45, 7) is 15.1. The number of ether oxygens (including phenoxy) is 1. The Bertz CT molecular complexity index is 978. The molecule has 2 nitrogen and oxygen atoms in total. The summed E-state index contributed by atoms with van der Waals surface area (Å²) in [4.78, 5) is 12.7. The van der Waals surface area contributed by atoms with Gasteiger partial charge in [0.2, 0.25) is 0 Å². The van der Waals surface area contributed by atoms with E-state index >= 15 is 0 Å². The van der Waals surface area contributed by atoms with Crippen molar-refractivity contribution in [3.8, 4) is 0 Å². The van der Waals surface area contributed by atoms with Crippen LogP contribution in [0.25, 0.3) is 0 Å². The lowest BCUT2D eigenvalue weighted by Crippen LogP contribution is -2.53. The van der Waals surface area contributed by atoms with Gasteiger partial charge in [-0.2, -0.15) is 0 Å². The van der Waals surface area contributed by atoms with Gasteiger partial charge in [-0.05, 0) is 103 Å². The molecule has 0 amide bonds. The van der Waals surface area contributed by atoms with E-state index in [1.54, 1.807) is 5.57 Å². The van der Waals surface area contributed by atoms with Crippen LogP contribution in [0.4, 0.5) is 0 Å². The Kier molecular flexibility index (Phi) is 7.69. The highest BCUT2D eigenvalue weighted by atomic mass is 16.5. The number of hydrogen-bond acceptors (Lipinski definition) is 2. The molecule has 0 spiro atoms. The monoisotopic (exact) mass is 504 g/mol. The zero-order chi connectivity index (χ0) is 26.4. The molecule has 4 aliphatic rings. The first kappa shape index (κ1) is 27.0. The second-order valence-corrected chi connectivity index (χ2v) is 14.4. The van der Waals surface area contributed by atoms with Crippen LogP contribution < -0.4 is 0 Å². The Hall–Kier alpha value is -1.57. The first-order valence-electron chi connectivity index (χ1n) is 15.6. The Morgan fingerprint density at radius 2 is 1.73 bits per heavy atom. The third-order valence-corrected chi connectivity index (χ3v) is 11.9. The van der Waals surface area contributed by atoms with E-state index in [9.17, 15) is 4.79 Å². The molecule has 0 aromatic heterocycles. The normalized spacial score (nSPS) is 39.8. The maximum Gasteiger partial charge on any atom is 0.338 e. The van der Waals surface area contributed by atoms with E-state index < -0.39 is 0 Å². The third-order valence-electron chi connectivity index (χ3n) is 11.9. The second kappa shape index (κ2) is 10.5. The molecule has 2 heteroatoms. The van der Waals surface area contributed by atoms with Crippen molar-refractivity contribution in [3.05, 3.63) is 47.5 Å². The average molecular weight is 505 g/mol. The van der Waals surface area contributed by atoms with Crippen LogP contribution in [0.15, 0.2) is 42.0 Å². The topological polar surface area (TPSA) is 26.3 Å². The molecule has 1 aromatic carbocycles. The lowest BCUT2D eigenvalue weighted by Gasteiger charge is -2.60. The molecule has 0 aliphatic heterocycles. The molecule has 3 saturated carbocycles. The number of fused-ring (bicyclic) bond motifs is 5. The number of hydrogen-bond donors (Lipinski definition) is 0. The van der Waals surface area contributed by atoms with Crippen molar-refractivity contribution in [1.82, 2.24) is 0 Å². The van der Waals surface area contributed by atoms with E-state index in [2.05, 4.69) is 47.6 Å². The summed E-state index contributed by atoms with van der Waals surface area (Å²) in [7, 11) is 0. The van der Waals surface area contributed by atoms with Crippen molar-refractivity contribution in [2.45, 2.75) is 112 Å². The molecular weight excluding hydrogens is 452 g/mol. The first-order chi connectivity index (χ1) is 17.6. The van der Waals surface area contributed by atoms with Crippen LogP contribution >= 0.6 is 0 Å². The van der Waals surface area contributed by atoms with Crippen LogP contribution in [0.2, 0.25) is 0 Å². The van der Waals surface area contributed by atoms with Gasteiger partial charge in [0.05, 0.1) is 5.56 Å². The molecule has 0 saturated heterocycles. The summed E-state index contributed by atoms with van der Waals surface area (Å²) in [6.07, 6.45) is 15.7. The number of carbonyl (C=O) groups is 1. The van der Waals surface area contributed by atoms with E-state index in [4.69, 9.17) is 4.74 Å². The lowest BCUT2D eigenvalue weighted by molar-refractivity contribution is -0.0745. The molecule has 0 unspecified atom stereocenters. The maximum absolute atomic E-state index is 12.7. The van der Waals surface area contributed by atoms with Gasteiger partial charge in [0.1, 0.15) is 6.10 Å². The van der Waals surface area contributed by atoms with Gasteiger partial charge in [0.25, 0.3) is 0 Å². The fourth-order valence-corrected chi connectivity index (χ4v) is 9.90. The van der Waals surface area contributed by atoms with E-state index in [1.165, 1.54) is 44.9 Å². The molecule has 9 atom stereocenters. The molecule has 0 bridgehead atoms. The standard InChI is InChI=1S/C35H52O2/c1-23(2)11-10-12-24(3)29-15-16-30-32-25(4)21-27-22-28(37-33(36)26-13-8-7-9-14-26)17-19-34(27,5)31(32)18-20-35(29,30)6/h7-9,13-14,21,23-25,28-32H,10-12,15-20,22H2,1-6H3/t24-,25+,28-,29-,30+,31+,32+,34-,35+/m0/s1. The molecule has 4 aliphatic carbocycles. The summed E-state index contributed by atoms with van der Waals surface area (Å²) < 4.78 is 6.04. The summed E-state index contributed by atoms with van der Waals surface area (Å²) in [5.41, 5.74) is 3.08. The van der Waals surface area contributed by atoms with Crippen molar-refractivity contribution in [1.29, 1.82) is 0 Å². The van der Waals surface area contributed by atoms with Gasteiger partial charge < -0.3 is 4.74 Å². The van der Waals surface area contributed by atoms with Crippen molar-refractivity contribution in [2.24, 2.45) is 52.3 Å². The van der Waals surface area contributed by atoms with Gasteiger partial charge in [0, 0.05) is 6.42 Å². The fourth-order valence-electron chi connectivity index (χ4n) is 9.90. The van der Waals surface area contributed by atoms with Gasteiger partial charge in [-0.1, -0.05) is 90.7 Å². The SMILES string of the molecule is CC(C)CCC[C@H](C)[C@@H]1CC[C@@H]2[C@H]3[C@H](C)C=C4C[C@@H](OC(=O)c5ccccc5)CC[C@]4(C)[C@@H]3CC[C@@]21C. The second-order valence-electron chi connectivity index (χ2n) is 14.4. The van der Waals surface area contributed by atoms with Crippen LogP contribution in [-0.2, 0) is 4.74 Å². The van der Waals surface area contributed by atoms with Crippen molar-refractivity contribution >= 4 is 5.97 Å². The minimum Gasteiger partial charge on any atom is -0.458 e. The predicted octanol–water partition coefficient (Wildman–Crippen LogP) is 9.50. The number of esters is 1. The largest absolute Gasteiger partial charge is 0.458 e. The Morgan fingerprint density at radius 1 is 0.973 bits per heavy atom. The fraction of sp³-hybridized carbons (Fsp3) is 0.743. The van der Waals surface area contributed by atoms with E-state index in [1.807, 2.05) is 30.3 Å². The molecule has 37 heavy (non-hydrogen) atoms. The van der Waals surface area contributed by atoms with Gasteiger partial charge in [-0.15, -0.1) is 0 Å². The molecule has 0 radical (unpaired) electrons. The average Bonchev–Trinajstić information content (AvgIpc) is 3.22. The quantitative estimate of drug-likeness (QED) is 0.273. The van der Waals surface area contributed by atoms with Crippen LogP contribution in [0, 0.1) is 52.3 Å². The molecule has 0 heterocycles. The summed E-state index contributed by atoms with van der Waals surface area (Å²) >= 11 is 0. The summed E-state index contributed by atoms with van der Waals surface area (Å²) in [5.74, 6) is 5.56. The minimum absolute atomic E-state index is 0.0205. The molecule has 3 fully saturated rings. The highest BCUT2D eigenvalue weighted by molar-refractivity contribution is 5.89. The van der Waals surface area contributed by atoms with Crippen LogP contribution in [0.5, 0.6) is 0 Å². The van der Waals surface area contributed by atoms with Gasteiger partial charge >= 0.3 is 5.97 Å². The van der Waals surface area contributed by atoms with Crippen LogP contribution in [0.1, 0.15) is 116 Å². The number of carbonyl (C=O) groups excluding carboxylic acids is 1. The first-order valence-corrected chi connectivity index (χ1v) is 15.6. The molecule has 204 valence electrons. The van der Waals surface area contributed by atoms with E-state index in [0.717, 1.165) is 54.8 Å². The summed E-state index contributed by atoms with van der Waals surface area (Å²) in [5, 5.41) is 0. The minimum atomic E-state index is -0.163. The van der Waals surface area contributed by atoms with Gasteiger partial charge in [-0.3, -0.25) is 0 Å². The summed E-state index contributed by atoms with van der Waals surface area (Å²) in [6, 6.07) is 9.50. The van der Waals surface area contributed by atoms with Gasteiger partial charge in [0.15, 0.2) is 0 Å². The van der Waals surface area contributed by atoms with E-state index in [0.29, 0.717) is 16.9 Å². The van der Waals surface area contributed by atoms with Crippen molar-refractivity contribution < 1.29 is 9.53 Å². The highest BCUT2D eigenvalue weighted by Gasteiger charge is 2.60. The molecule has 0 N–H and O–H groups in total. The molecule has 5 rings (SSSR count). The highest BCUT2D eigenvalue weighted by Crippen LogP contribution is 2.68. The molecular formula is C35H52O2. The number of benzene rings is 1. The van der Waals surface area contributed by atoms with Crippen LogP contribution in [-0.4, -0.2) is 12.1 Å². The lowest BCUT2D eigenvalue weighted by atomic mass is 9.45. The maximum atomic E-state index is 12.7. The van der Waals surface area contributed by atoms with Crippen LogP contribution in [0.3, 0.4) is 0 Å². The zero-order valence-electron chi connectivity index (χ0n) is 24.5. The smallest absolute Gasteiger partial charge is 0.338 e. The Labute approximate surface area is 227 Å². The van der Waals surface area contributed by atoms with Crippen molar-refractivity contribution in [2.75, 3.05) is 0 Å².